The van der Waals surface area contributed by atoms with Gasteiger partial charge in [-0.1, -0.05) is 24.3 Å². The number of allylic oxidation sites excluding steroid dienone is 2. The summed E-state index contributed by atoms with van der Waals surface area (Å²) in [4.78, 5) is 0. The predicted octanol–water partition coefficient (Wildman–Crippen LogP) is 2.52. The Morgan fingerprint density at radius 3 is 2.68 bits per heavy atom. The number of nitrogens with one attached hydrogen (secondary N) is 1. The van der Waals surface area contributed by atoms with E-state index in [2.05, 4.69) is 35.7 Å². The zero-order valence-electron chi connectivity index (χ0n) is 11.8. The Balaban J connectivity index is 2.09. The smallest absolute Gasteiger partial charge is 0.119 e. The van der Waals surface area contributed by atoms with Crippen molar-refractivity contribution >= 4 is 0 Å². The molecule has 0 atom stereocenters. The van der Waals surface area contributed by atoms with Crippen molar-refractivity contribution in [3.63, 3.8) is 0 Å². The molecule has 0 saturated heterocycles. The second-order valence-electron chi connectivity index (χ2n) is 5.06. The molecule has 0 bridgehead atoms. The minimum Gasteiger partial charge on any atom is -0.497 e. The monoisotopic (exact) mass is 261 g/mol. The van der Waals surface area contributed by atoms with Crippen LogP contribution in [-0.4, -0.2) is 33.9 Å². The van der Waals surface area contributed by atoms with Gasteiger partial charge in [-0.25, -0.2) is 0 Å². The lowest BCUT2D eigenvalue weighted by molar-refractivity contribution is 0.196. The minimum absolute atomic E-state index is 0.169. The van der Waals surface area contributed by atoms with Crippen LogP contribution >= 0.6 is 0 Å². The highest BCUT2D eigenvalue weighted by atomic mass is 16.5. The molecule has 0 saturated carbocycles. The van der Waals surface area contributed by atoms with Gasteiger partial charge in [-0.3, -0.25) is 0 Å². The summed E-state index contributed by atoms with van der Waals surface area (Å²) in [7, 11) is 3.45. The van der Waals surface area contributed by atoms with E-state index in [1.54, 1.807) is 14.2 Å². The Hall–Kier alpha value is -1.32. The van der Waals surface area contributed by atoms with E-state index >= 15 is 0 Å². The molecule has 1 aromatic carbocycles. The maximum absolute atomic E-state index is 5.34. The third kappa shape index (κ3) is 3.37. The Labute approximate surface area is 115 Å². The van der Waals surface area contributed by atoms with Gasteiger partial charge in [0, 0.05) is 25.6 Å². The summed E-state index contributed by atoms with van der Waals surface area (Å²) >= 11 is 0. The third-order valence-corrected chi connectivity index (χ3v) is 3.81. The number of methoxy groups -OCH3 is 2. The molecule has 0 spiro atoms. The first kappa shape index (κ1) is 14.1. The van der Waals surface area contributed by atoms with Gasteiger partial charge in [0.05, 0.1) is 13.7 Å². The van der Waals surface area contributed by atoms with E-state index in [4.69, 9.17) is 9.47 Å². The highest BCUT2D eigenvalue weighted by molar-refractivity contribution is 5.37. The summed E-state index contributed by atoms with van der Waals surface area (Å²) in [6.07, 6.45) is 6.72. The van der Waals surface area contributed by atoms with E-state index in [1.165, 1.54) is 5.56 Å². The van der Waals surface area contributed by atoms with E-state index in [1.807, 2.05) is 6.07 Å². The number of ether oxygens (including phenoxy) is 2. The second kappa shape index (κ2) is 6.73. The summed E-state index contributed by atoms with van der Waals surface area (Å²) < 4.78 is 10.4. The third-order valence-electron chi connectivity index (χ3n) is 3.81. The van der Waals surface area contributed by atoms with Gasteiger partial charge in [0.15, 0.2) is 0 Å². The van der Waals surface area contributed by atoms with Crippen LogP contribution in [0.5, 0.6) is 5.75 Å². The van der Waals surface area contributed by atoms with Gasteiger partial charge in [0.2, 0.25) is 0 Å². The first-order valence-corrected chi connectivity index (χ1v) is 6.80. The molecule has 0 heterocycles. The van der Waals surface area contributed by atoms with Gasteiger partial charge in [-0.05, 0) is 30.5 Å². The van der Waals surface area contributed by atoms with Crippen LogP contribution in [0.1, 0.15) is 18.4 Å². The summed E-state index contributed by atoms with van der Waals surface area (Å²) in [5, 5.41) is 3.50. The number of benzene rings is 1. The molecule has 3 heteroatoms. The van der Waals surface area contributed by atoms with Gasteiger partial charge in [-0.15, -0.1) is 0 Å². The van der Waals surface area contributed by atoms with Crippen molar-refractivity contribution in [2.24, 2.45) is 0 Å². The van der Waals surface area contributed by atoms with E-state index < -0.39 is 0 Å². The van der Waals surface area contributed by atoms with Crippen LogP contribution < -0.4 is 10.1 Å². The maximum Gasteiger partial charge on any atom is 0.119 e. The highest BCUT2D eigenvalue weighted by Gasteiger charge is 2.32. The van der Waals surface area contributed by atoms with Gasteiger partial charge in [-0.2, -0.15) is 0 Å². The van der Waals surface area contributed by atoms with E-state index in [9.17, 15) is 0 Å². The fourth-order valence-electron chi connectivity index (χ4n) is 2.64. The van der Waals surface area contributed by atoms with Crippen LogP contribution in [0, 0.1) is 0 Å². The molecule has 3 nitrogen and oxygen atoms in total. The molecule has 0 aliphatic heterocycles. The molecule has 0 unspecified atom stereocenters. The molecule has 1 aliphatic carbocycles. The fourth-order valence-corrected chi connectivity index (χ4v) is 2.64. The van der Waals surface area contributed by atoms with Crippen molar-refractivity contribution in [1.29, 1.82) is 0 Å². The first-order valence-electron chi connectivity index (χ1n) is 6.80. The highest BCUT2D eigenvalue weighted by Crippen LogP contribution is 2.37. The van der Waals surface area contributed by atoms with Crippen LogP contribution in [0.2, 0.25) is 0 Å². The molecule has 0 amide bonds. The predicted molar refractivity (Wildman–Crippen MR) is 77.8 cm³/mol. The van der Waals surface area contributed by atoms with Crippen LogP contribution in [0.3, 0.4) is 0 Å². The zero-order valence-corrected chi connectivity index (χ0v) is 11.8. The summed E-state index contributed by atoms with van der Waals surface area (Å²) in [6.45, 7) is 2.61. The Kier molecular flexibility index (Phi) is 5.00. The average molecular weight is 261 g/mol. The van der Waals surface area contributed by atoms with Crippen LogP contribution in [0.4, 0.5) is 0 Å². The second-order valence-corrected chi connectivity index (χ2v) is 5.06. The van der Waals surface area contributed by atoms with Crippen LogP contribution in [0.25, 0.3) is 0 Å². The number of hydrogen-bond donors (Lipinski definition) is 1. The van der Waals surface area contributed by atoms with Crippen LogP contribution in [-0.2, 0) is 10.2 Å². The summed E-state index contributed by atoms with van der Waals surface area (Å²) in [6, 6.07) is 8.43. The summed E-state index contributed by atoms with van der Waals surface area (Å²) in [5.41, 5.74) is 1.52. The molecule has 1 aromatic rings. The quantitative estimate of drug-likeness (QED) is 0.604. The lowest BCUT2D eigenvalue weighted by Gasteiger charge is -2.30. The molecular weight excluding hydrogens is 238 g/mol. The lowest BCUT2D eigenvalue weighted by Crippen LogP contribution is -2.37. The number of hydrogen-bond acceptors (Lipinski definition) is 3. The molecular formula is C16H23NO2. The topological polar surface area (TPSA) is 30.5 Å². The normalized spacial score (nSPS) is 16.7. The molecule has 104 valence electrons. The van der Waals surface area contributed by atoms with Crippen molar-refractivity contribution in [3.05, 3.63) is 42.0 Å². The molecule has 1 N–H and O–H groups in total. The molecule has 0 aromatic heterocycles. The summed E-state index contributed by atoms with van der Waals surface area (Å²) in [5.74, 6) is 0.931. The van der Waals surface area contributed by atoms with Gasteiger partial charge < -0.3 is 14.8 Å². The Morgan fingerprint density at radius 1 is 1.21 bits per heavy atom. The van der Waals surface area contributed by atoms with Crippen molar-refractivity contribution in [2.75, 3.05) is 33.9 Å². The molecule has 1 aliphatic rings. The van der Waals surface area contributed by atoms with E-state index in [-0.39, 0.29) is 5.41 Å². The molecule has 0 radical (unpaired) electrons. The Morgan fingerprint density at radius 2 is 2.00 bits per heavy atom. The fraction of sp³-hybridized carbons (Fsp3) is 0.500. The van der Waals surface area contributed by atoms with Crippen molar-refractivity contribution in [1.82, 2.24) is 5.32 Å². The van der Waals surface area contributed by atoms with Crippen molar-refractivity contribution in [2.45, 2.75) is 18.3 Å². The van der Waals surface area contributed by atoms with Gasteiger partial charge in [0.1, 0.15) is 5.75 Å². The first-order chi connectivity index (χ1) is 9.30. The van der Waals surface area contributed by atoms with E-state index in [0.29, 0.717) is 0 Å². The molecule has 0 fully saturated rings. The zero-order chi connectivity index (χ0) is 13.6. The maximum atomic E-state index is 5.34. The minimum atomic E-state index is 0.169. The lowest BCUT2D eigenvalue weighted by atomic mass is 9.78. The van der Waals surface area contributed by atoms with Crippen molar-refractivity contribution in [3.8, 4) is 5.75 Å². The largest absolute Gasteiger partial charge is 0.497 e. The SMILES string of the molecule is COCCNCC1(c2cccc(OC)c2)CC=CC1. The van der Waals surface area contributed by atoms with Gasteiger partial charge in [0.25, 0.3) is 0 Å². The Bertz CT molecular complexity index is 421. The average Bonchev–Trinajstić information content (AvgIpc) is 2.94. The molecule has 2 rings (SSSR count). The van der Waals surface area contributed by atoms with Crippen molar-refractivity contribution < 1.29 is 9.47 Å². The number of rotatable bonds is 7. The van der Waals surface area contributed by atoms with Gasteiger partial charge >= 0.3 is 0 Å². The van der Waals surface area contributed by atoms with E-state index in [0.717, 1.165) is 38.3 Å². The van der Waals surface area contributed by atoms with Crippen LogP contribution in [0.15, 0.2) is 36.4 Å². The molecule has 19 heavy (non-hydrogen) atoms. The standard InChI is InChI=1S/C16H23NO2/c1-18-11-10-17-13-16(8-3-4-9-16)14-6-5-7-15(12-14)19-2/h3-7,12,17H,8-11,13H2,1-2H3.